The number of hydrogen-bond donors (Lipinski definition) is 0. The van der Waals surface area contributed by atoms with Gasteiger partial charge in [-0.15, -0.1) is 0 Å². The summed E-state index contributed by atoms with van der Waals surface area (Å²) in [6.07, 6.45) is 0. The van der Waals surface area contributed by atoms with Gasteiger partial charge in [0, 0.05) is 9.92 Å². The van der Waals surface area contributed by atoms with Gasteiger partial charge < -0.3 is 9.47 Å². The Morgan fingerprint density at radius 3 is 2.32 bits per heavy atom. The van der Waals surface area contributed by atoms with Crippen LogP contribution >= 0.6 is 23.4 Å². The molecule has 0 heterocycles. The molecule has 0 saturated carbocycles. The van der Waals surface area contributed by atoms with E-state index in [0.29, 0.717) is 28.0 Å². The van der Waals surface area contributed by atoms with E-state index in [0.717, 1.165) is 4.90 Å². The molecule has 25 heavy (non-hydrogen) atoms. The average Bonchev–Trinajstić information content (AvgIpc) is 2.65. The highest BCUT2D eigenvalue weighted by molar-refractivity contribution is 7.99. The maximum atomic E-state index is 12.4. The van der Waals surface area contributed by atoms with Gasteiger partial charge in [0.05, 0.1) is 0 Å². The molecule has 0 unspecified atom stereocenters. The third kappa shape index (κ3) is 5.02. The lowest BCUT2D eigenvalue weighted by molar-refractivity contribution is 0.0731. The minimum absolute atomic E-state index is 0.381. The zero-order chi connectivity index (χ0) is 17.5. The van der Waals surface area contributed by atoms with Crippen molar-refractivity contribution in [2.24, 2.45) is 0 Å². The Kier molecular flexibility index (Phi) is 5.99. The molecule has 0 fully saturated rings. The van der Waals surface area contributed by atoms with Gasteiger partial charge in [0.25, 0.3) is 0 Å². The second kappa shape index (κ2) is 8.60. The zero-order valence-electron chi connectivity index (χ0n) is 13.2. The first-order valence-electron chi connectivity index (χ1n) is 7.60. The summed E-state index contributed by atoms with van der Waals surface area (Å²) in [7, 11) is 0. The summed E-state index contributed by atoms with van der Waals surface area (Å²) in [5.74, 6) is 0.852. The first-order valence-corrected chi connectivity index (χ1v) is 8.96. The number of esters is 1. The van der Waals surface area contributed by atoms with E-state index in [1.165, 1.54) is 0 Å². The van der Waals surface area contributed by atoms with Gasteiger partial charge in [-0.05, 0) is 48.5 Å². The molecule has 0 aliphatic heterocycles. The van der Waals surface area contributed by atoms with E-state index in [4.69, 9.17) is 21.1 Å². The fourth-order valence-corrected chi connectivity index (χ4v) is 2.90. The quantitative estimate of drug-likeness (QED) is 0.242. The van der Waals surface area contributed by atoms with Crippen LogP contribution in [0.5, 0.6) is 11.5 Å². The number of halogens is 1. The van der Waals surface area contributed by atoms with E-state index < -0.39 is 5.97 Å². The molecule has 0 atom stereocenters. The minimum atomic E-state index is -0.470. The molecule has 0 aliphatic carbocycles. The van der Waals surface area contributed by atoms with Gasteiger partial charge >= 0.3 is 5.97 Å². The summed E-state index contributed by atoms with van der Waals surface area (Å²) in [5, 5.41) is 0.585. The van der Waals surface area contributed by atoms with Crippen molar-refractivity contribution in [3.05, 3.63) is 89.4 Å². The molecular formula is C20H15ClO3S. The van der Waals surface area contributed by atoms with Crippen LogP contribution in [0.15, 0.2) is 83.8 Å². The predicted octanol–water partition coefficient (Wildman–Crippen LogP) is 5.69. The summed E-state index contributed by atoms with van der Waals surface area (Å²) >= 11 is 7.39. The highest BCUT2D eigenvalue weighted by Crippen LogP contribution is 2.24. The number of benzene rings is 3. The standard InChI is InChI=1S/C20H15ClO3S/c21-15-10-12-16(13-11-15)24-20(22)18-8-4-5-9-19(18)23-14-25-17-6-2-1-3-7-17/h1-13H,14H2. The van der Waals surface area contributed by atoms with E-state index in [1.807, 2.05) is 36.4 Å². The van der Waals surface area contributed by atoms with Crippen LogP contribution in [-0.2, 0) is 0 Å². The van der Waals surface area contributed by atoms with E-state index in [-0.39, 0.29) is 0 Å². The lowest BCUT2D eigenvalue weighted by Gasteiger charge is -2.11. The average molecular weight is 371 g/mol. The molecule has 3 nitrogen and oxygen atoms in total. The van der Waals surface area contributed by atoms with Crippen molar-refractivity contribution >= 4 is 29.3 Å². The molecular weight excluding hydrogens is 356 g/mol. The molecule has 3 aromatic rings. The Labute approximate surface area is 155 Å². The smallest absolute Gasteiger partial charge is 0.347 e. The molecule has 126 valence electrons. The summed E-state index contributed by atoms with van der Waals surface area (Å²) in [6, 6.07) is 23.6. The lowest BCUT2D eigenvalue weighted by atomic mass is 10.2. The zero-order valence-corrected chi connectivity index (χ0v) is 14.8. The van der Waals surface area contributed by atoms with E-state index >= 15 is 0 Å². The van der Waals surface area contributed by atoms with E-state index in [2.05, 4.69) is 0 Å². The van der Waals surface area contributed by atoms with Crippen LogP contribution < -0.4 is 9.47 Å². The van der Waals surface area contributed by atoms with Crippen molar-refractivity contribution in [2.45, 2.75) is 4.90 Å². The molecule has 5 heteroatoms. The van der Waals surface area contributed by atoms with Crippen LogP contribution in [-0.4, -0.2) is 11.9 Å². The number of para-hydroxylation sites is 1. The maximum Gasteiger partial charge on any atom is 0.347 e. The number of rotatable bonds is 6. The maximum absolute atomic E-state index is 12.4. The third-order valence-corrected chi connectivity index (χ3v) is 4.41. The van der Waals surface area contributed by atoms with Crippen LogP contribution in [0, 0.1) is 0 Å². The van der Waals surface area contributed by atoms with Crippen LogP contribution in [0.2, 0.25) is 5.02 Å². The highest BCUT2D eigenvalue weighted by atomic mass is 35.5. The number of thioether (sulfide) groups is 1. The van der Waals surface area contributed by atoms with E-state index in [9.17, 15) is 4.79 Å². The molecule has 0 aromatic heterocycles. The molecule has 0 bridgehead atoms. The Hall–Kier alpha value is -2.43. The molecule has 3 rings (SSSR count). The van der Waals surface area contributed by atoms with Crippen molar-refractivity contribution in [2.75, 3.05) is 5.94 Å². The number of carbonyl (C=O) groups excluding carboxylic acids is 1. The van der Waals surface area contributed by atoms with Crippen molar-refractivity contribution < 1.29 is 14.3 Å². The monoisotopic (exact) mass is 370 g/mol. The first kappa shape index (κ1) is 17.4. The molecule has 0 saturated heterocycles. The van der Waals surface area contributed by atoms with Crippen LogP contribution in [0.1, 0.15) is 10.4 Å². The van der Waals surface area contributed by atoms with Crippen LogP contribution in [0.4, 0.5) is 0 Å². The van der Waals surface area contributed by atoms with Crippen molar-refractivity contribution in [1.82, 2.24) is 0 Å². The van der Waals surface area contributed by atoms with E-state index in [1.54, 1.807) is 54.2 Å². The van der Waals surface area contributed by atoms with Gasteiger partial charge in [0.2, 0.25) is 0 Å². The first-order chi connectivity index (χ1) is 12.2. The Balaban J connectivity index is 1.65. The van der Waals surface area contributed by atoms with Crippen molar-refractivity contribution in [1.29, 1.82) is 0 Å². The van der Waals surface area contributed by atoms with Gasteiger partial charge in [-0.25, -0.2) is 4.79 Å². The SMILES string of the molecule is O=C(Oc1ccc(Cl)cc1)c1ccccc1OCSc1ccccc1. The number of ether oxygens (including phenoxy) is 2. The molecule has 0 aliphatic rings. The molecule has 0 amide bonds. The highest BCUT2D eigenvalue weighted by Gasteiger charge is 2.14. The van der Waals surface area contributed by atoms with Gasteiger partial charge in [0.1, 0.15) is 23.0 Å². The van der Waals surface area contributed by atoms with Gasteiger partial charge in [-0.2, -0.15) is 0 Å². The van der Waals surface area contributed by atoms with Crippen LogP contribution in [0.3, 0.4) is 0 Å². The van der Waals surface area contributed by atoms with Gasteiger partial charge in [-0.3, -0.25) is 0 Å². The fraction of sp³-hybridized carbons (Fsp3) is 0.0500. The second-order valence-corrected chi connectivity index (χ2v) is 6.49. The third-order valence-electron chi connectivity index (χ3n) is 3.31. The summed E-state index contributed by atoms with van der Waals surface area (Å²) < 4.78 is 11.1. The molecule has 0 radical (unpaired) electrons. The summed E-state index contributed by atoms with van der Waals surface area (Å²) in [6.45, 7) is 0. The van der Waals surface area contributed by atoms with Crippen molar-refractivity contribution in [3.63, 3.8) is 0 Å². The summed E-state index contributed by atoms with van der Waals surface area (Å²) in [4.78, 5) is 13.5. The summed E-state index contributed by atoms with van der Waals surface area (Å²) in [5.41, 5.74) is 0.381. The Bertz CT molecular complexity index is 835. The molecule has 3 aromatic carbocycles. The minimum Gasteiger partial charge on any atom is -0.482 e. The number of hydrogen-bond acceptors (Lipinski definition) is 4. The van der Waals surface area contributed by atoms with Crippen molar-refractivity contribution in [3.8, 4) is 11.5 Å². The molecule has 0 spiro atoms. The number of carbonyl (C=O) groups is 1. The second-order valence-electron chi connectivity index (χ2n) is 5.06. The molecule has 0 N–H and O–H groups in total. The van der Waals surface area contributed by atoms with Gasteiger partial charge in [0.15, 0.2) is 0 Å². The van der Waals surface area contributed by atoms with Crippen LogP contribution in [0.25, 0.3) is 0 Å². The Morgan fingerprint density at radius 2 is 1.56 bits per heavy atom. The largest absolute Gasteiger partial charge is 0.482 e. The Morgan fingerprint density at radius 1 is 0.880 bits per heavy atom. The topological polar surface area (TPSA) is 35.5 Å². The lowest BCUT2D eigenvalue weighted by Crippen LogP contribution is -2.10. The fourth-order valence-electron chi connectivity index (χ4n) is 2.10. The van der Waals surface area contributed by atoms with Gasteiger partial charge in [-0.1, -0.05) is 53.7 Å². The normalized spacial score (nSPS) is 10.3. The predicted molar refractivity (Wildman–Crippen MR) is 101 cm³/mol.